The molecule has 0 radical (unpaired) electrons. The maximum absolute atomic E-state index is 4.13. The molecule has 0 N–H and O–H groups in total. The van der Waals surface area contributed by atoms with Crippen LogP contribution in [0.1, 0.15) is 27.2 Å². The Labute approximate surface area is 112 Å². The van der Waals surface area contributed by atoms with Crippen molar-refractivity contribution in [1.29, 1.82) is 0 Å². The van der Waals surface area contributed by atoms with Crippen molar-refractivity contribution in [2.24, 2.45) is 10.9 Å². The Balaban J connectivity index is 4.97. The molecule has 0 aromatic carbocycles. The molecule has 0 amide bonds. The van der Waals surface area contributed by atoms with Crippen molar-refractivity contribution in [3.8, 4) is 0 Å². The van der Waals surface area contributed by atoms with Crippen LogP contribution in [0, 0.1) is 5.92 Å². The first-order valence-corrected chi connectivity index (χ1v) is 6.27. The second-order valence-corrected chi connectivity index (χ2v) is 4.46. The van der Waals surface area contributed by atoms with Gasteiger partial charge in [0, 0.05) is 31.7 Å². The third-order valence-electron chi connectivity index (χ3n) is 2.97. The van der Waals surface area contributed by atoms with Crippen LogP contribution in [0.4, 0.5) is 0 Å². The summed E-state index contributed by atoms with van der Waals surface area (Å²) >= 11 is 0. The molecule has 1 atom stereocenters. The van der Waals surface area contributed by atoms with Gasteiger partial charge in [-0.1, -0.05) is 32.2 Å². The summed E-state index contributed by atoms with van der Waals surface area (Å²) in [5, 5.41) is 0. The first-order chi connectivity index (χ1) is 8.47. The van der Waals surface area contributed by atoms with E-state index >= 15 is 0 Å². The molecule has 1 unspecified atom stereocenters. The highest BCUT2D eigenvalue weighted by Gasteiger charge is 2.11. The zero-order chi connectivity index (χ0) is 14.1. The van der Waals surface area contributed by atoms with Gasteiger partial charge in [-0.3, -0.25) is 0 Å². The summed E-state index contributed by atoms with van der Waals surface area (Å²) in [4.78, 5) is 6.20. The van der Waals surface area contributed by atoms with Crippen LogP contribution in [-0.4, -0.2) is 25.2 Å². The molecule has 0 aromatic heterocycles. The Kier molecular flexibility index (Phi) is 7.77. The molecular weight excluding hydrogens is 220 g/mol. The van der Waals surface area contributed by atoms with Gasteiger partial charge in [-0.05, 0) is 37.8 Å². The molecule has 0 rings (SSSR count). The van der Waals surface area contributed by atoms with E-state index in [-0.39, 0.29) is 0 Å². The van der Waals surface area contributed by atoms with E-state index < -0.39 is 0 Å². The Morgan fingerprint density at radius 2 is 2.06 bits per heavy atom. The van der Waals surface area contributed by atoms with Gasteiger partial charge in [-0.25, -0.2) is 0 Å². The van der Waals surface area contributed by atoms with Crippen molar-refractivity contribution in [1.82, 2.24) is 4.90 Å². The van der Waals surface area contributed by atoms with E-state index in [1.807, 2.05) is 32.3 Å². The summed E-state index contributed by atoms with van der Waals surface area (Å²) in [6.45, 7) is 14.2. The van der Waals surface area contributed by atoms with Crippen LogP contribution in [0.25, 0.3) is 0 Å². The van der Waals surface area contributed by atoms with Crippen LogP contribution in [0.3, 0.4) is 0 Å². The molecule has 100 valence electrons. The first kappa shape index (κ1) is 16.4. The molecule has 0 aliphatic heterocycles. The molecule has 0 spiro atoms. The van der Waals surface area contributed by atoms with E-state index in [2.05, 4.69) is 43.0 Å². The van der Waals surface area contributed by atoms with Crippen LogP contribution < -0.4 is 0 Å². The van der Waals surface area contributed by atoms with Crippen molar-refractivity contribution in [3.63, 3.8) is 0 Å². The molecule has 18 heavy (non-hydrogen) atoms. The van der Waals surface area contributed by atoms with Gasteiger partial charge in [0.1, 0.15) is 0 Å². The van der Waals surface area contributed by atoms with E-state index in [0.717, 1.165) is 12.1 Å². The predicted molar refractivity (Wildman–Crippen MR) is 82.8 cm³/mol. The molecule has 0 fully saturated rings. The van der Waals surface area contributed by atoms with Gasteiger partial charge in [0.15, 0.2) is 0 Å². The van der Waals surface area contributed by atoms with E-state index in [9.17, 15) is 0 Å². The van der Waals surface area contributed by atoms with Crippen molar-refractivity contribution < 1.29 is 0 Å². The van der Waals surface area contributed by atoms with Gasteiger partial charge >= 0.3 is 0 Å². The van der Waals surface area contributed by atoms with Gasteiger partial charge < -0.3 is 9.89 Å². The molecule has 2 heteroatoms. The lowest BCUT2D eigenvalue weighted by Crippen LogP contribution is -2.19. The largest absolute Gasteiger partial charge is 0.348 e. The van der Waals surface area contributed by atoms with E-state index in [1.165, 1.54) is 11.3 Å². The zero-order valence-electron chi connectivity index (χ0n) is 12.4. The molecule has 0 aliphatic carbocycles. The number of hydrogen-bond acceptors (Lipinski definition) is 2. The quantitative estimate of drug-likeness (QED) is 0.485. The van der Waals surface area contributed by atoms with Crippen LogP contribution in [0.15, 0.2) is 53.3 Å². The summed E-state index contributed by atoms with van der Waals surface area (Å²) in [6.07, 6.45) is 8.82. The topological polar surface area (TPSA) is 15.6 Å². The zero-order valence-corrected chi connectivity index (χ0v) is 12.4. The number of allylic oxidation sites excluding steroid dienone is 5. The van der Waals surface area contributed by atoms with E-state index in [1.54, 1.807) is 7.05 Å². The fraction of sp³-hybridized carbons (Fsp3) is 0.438. The van der Waals surface area contributed by atoms with Gasteiger partial charge in [-0.15, -0.1) is 0 Å². The lowest BCUT2D eigenvalue weighted by Gasteiger charge is -2.26. The van der Waals surface area contributed by atoms with Crippen molar-refractivity contribution in [2.75, 3.05) is 14.1 Å². The average molecular weight is 246 g/mol. The summed E-state index contributed by atoms with van der Waals surface area (Å²) in [5.41, 5.74) is 3.40. The SMILES string of the molecule is C=C/C=C(/CC(C)/C=N\C)N(C)C(=C)/C(C)=C\C. The fourth-order valence-corrected chi connectivity index (χ4v) is 1.69. The molecule has 0 saturated heterocycles. The summed E-state index contributed by atoms with van der Waals surface area (Å²) < 4.78 is 0. The molecular formula is C16H26N2. The number of rotatable bonds is 7. The first-order valence-electron chi connectivity index (χ1n) is 6.27. The van der Waals surface area contributed by atoms with Gasteiger partial charge in [0.25, 0.3) is 0 Å². The van der Waals surface area contributed by atoms with Crippen molar-refractivity contribution in [2.45, 2.75) is 27.2 Å². The minimum Gasteiger partial charge on any atom is -0.348 e. The highest BCUT2D eigenvalue weighted by Crippen LogP contribution is 2.21. The Hall–Kier alpha value is -1.57. The summed E-state index contributed by atoms with van der Waals surface area (Å²) in [6, 6.07) is 0. The molecule has 0 heterocycles. The Morgan fingerprint density at radius 3 is 2.50 bits per heavy atom. The monoisotopic (exact) mass is 246 g/mol. The van der Waals surface area contributed by atoms with Crippen LogP contribution in [0.2, 0.25) is 0 Å². The van der Waals surface area contributed by atoms with Crippen LogP contribution in [-0.2, 0) is 0 Å². The molecule has 0 saturated carbocycles. The van der Waals surface area contributed by atoms with Gasteiger partial charge in [0.05, 0.1) is 0 Å². The van der Waals surface area contributed by atoms with Crippen molar-refractivity contribution >= 4 is 6.21 Å². The average Bonchev–Trinajstić information content (AvgIpc) is 2.35. The van der Waals surface area contributed by atoms with Gasteiger partial charge in [-0.2, -0.15) is 0 Å². The third kappa shape index (κ3) is 5.17. The maximum Gasteiger partial charge on any atom is 0.0358 e. The van der Waals surface area contributed by atoms with Crippen LogP contribution >= 0.6 is 0 Å². The second-order valence-electron chi connectivity index (χ2n) is 4.46. The number of hydrogen-bond donors (Lipinski definition) is 0. The van der Waals surface area contributed by atoms with Gasteiger partial charge in [0.2, 0.25) is 0 Å². The second kappa shape index (κ2) is 8.51. The molecule has 0 aromatic rings. The summed E-state index contributed by atoms with van der Waals surface area (Å²) in [5.74, 6) is 0.405. The summed E-state index contributed by atoms with van der Waals surface area (Å²) in [7, 11) is 3.85. The fourth-order valence-electron chi connectivity index (χ4n) is 1.69. The maximum atomic E-state index is 4.13. The van der Waals surface area contributed by atoms with Crippen LogP contribution in [0.5, 0.6) is 0 Å². The third-order valence-corrected chi connectivity index (χ3v) is 2.97. The Bertz CT molecular complexity index is 373. The van der Waals surface area contributed by atoms with Crippen molar-refractivity contribution in [3.05, 3.63) is 48.4 Å². The normalized spacial score (nSPS) is 14.7. The number of nitrogens with zero attached hydrogens (tertiary/aromatic N) is 2. The predicted octanol–water partition coefficient (Wildman–Crippen LogP) is 4.19. The number of likely N-dealkylation sites (N-methyl/N-ethyl adjacent to an activating group) is 1. The van der Waals surface area contributed by atoms with E-state index in [4.69, 9.17) is 0 Å². The lowest BCUT2D eigenvalue weighted by atomic mass is 10.0. The standard InChI is InChI=1S/C16H26N2/c1-8-10-16(11-13(3)12-17-6)18(7)15(5)14(4)9-2/h8-10,12-13H,1,5,11H2,2-4,6-7H3/b14-9-,16-10-,17-12-. The number of aliphatic imine (C=N–C) groups is 1. The van der Waals surface area contributed by atoms with E-state index in [0.29, 0.717) is 5.92 Å². The highest BCUT2D eigenvalue weighted by atomic mass is 15.1. The minimum absolute atomic E-state index is 0.405. The molecule has 2 nitrogen and oxygen atoms in total. The smallest absolute Gasteiger partial charge is 0.0358 e. The highest BCUT2D eigenvalue weighted by molar-refractivity contribution is 5.60. The minimum atomic E-state index is 0.405. The molecule has 0 aliphatic rings. The Morgan fingerprint density at radius 1 is 1.44 bits per heavy atom. The molecule has 0 bridgehead atoms. The lowest BCUT2D eigenvalue weighted by molar-refractivity contribution is 0.488.